The van der Waals surface area contributed by atoms with Crippen molar-refractivity contribution in [2.24, 2.45) is 0 Å². The first kappa shape index (κ1) is 22.7. The van der Waals surface area contributed by atoms with Gasteiger partial charge in [0.1, 0.15) is 0 Å². The zero-order valence-electron chi connectivity index (χ0n) is 22.3. The van der Waals surface area contributed by atoms with Crippen LogP contribution < -0.4 is 4.57 Å². The molecule has 0 aliphatic carbocycles. The van der Waals surface area contributed by atoms with E-state index in [9.17, 15) is 0 Å². The van der Waals surface area contributed by atoms with Gasteiger partial charge in [0, 0.05) is 48.2 Å². The van der Waals surface area contributed by atoms with Crippen LogP contribution in [0.15, 0.2) is 36.4 Å². The third-order valence-electron chi connectivity index (χ3n) is 7.76. The third-order valence-corrected chi connectivity index (χ3v) is 7.76. The number of nitrogens with zero attached hydrogens (tertiary/aromatic N) is 3. The molecule has 0 saturated heterocycles. The van der Waals surface area contributed by atoms with Crippen molar-refractivity contribution in [3.8, 4) is 0 Å². The smallest absolute Gasteiger partial charge is 0.183 e. The zero-order valence-corrected chi connectivity index (χ0v) is 22.3. The lowest BCUT2D eigenvalue weighted by Gasteiger charge is -2.25. The average Bonchev–Trinajstić information content (AvgIpc) is 2.72. The van der Waals surface area contributed by atoms with Crippen molar-refractivity contribution in [3.63, 3.8) is 0 Å². The van der Waals surface area contributed by atoms with Crippen LogP contribution in [0, 0.1) is 48.5 Å². The number of hydrogen-bond donors (Lipinski definition) is 0. The lowest BCUT2D eigenvalue weighted by atomic mass is 9.97. The molecule has 2 aliphatic rings. The van der Waals surface area contributed by atoms with E-state index in [2.05, 4.69) is 112 Å². The lowest BCUT2D eigenvalue weighted by Crippen LogP contribution is -2.61. The summed E-state index contributed by atoms with van der Waals surface area (Å²) < 4.78 is 7.78. The minimum Gasteiger partial charge on any atom is -0.183 e. The van der Waals surface area contributed by atoms with Gasteiger partial charge in [-0.1, -0.05) is 11.1 Å². The van der Waals surface area contributed by atoms with Gasteiger partial charge in [-0.05, 0) is 78.3 Å². The normalized spacial score (nSPS) is 15.8. The van der Waals surface area contributed by atoms with Crippen molar-refractivity contribution >= 4 is 22.8 Å². The molecule has 3 aromatic rings. The molecule has 0 N–H and O–H groups in total. The second-order valence-electron chi connectivity index (χ2n) is 10.7. The van der Waals surface area contributed by atoms with Crippen LogP contribution in [0.4, 0.5) is 11.4 Å². The molecule has 0 unspecified atom stereocenters. The summed E-state index contributed by atoms with van der Waals surface area (Å²) in [7, 11) is 0. The molecule has 0 bridgehead atoms. The summed E-state index contributed by atoms with van der Waals surface area (Å²) in [6, 6.07) is 14.4. The highest BCUT2D eigenvalue weighted by molar-refractivity contribution is 5.96. The van der Waals surface area contributed by atoms with E-state index in [-0.39, 0.29) is 0 Å². The summed E-state index contributed by atoms with van der Waals surface area (Å²) in [4.78, 5) is 0. The van der Waals surface area contributed by atoms with Gasteiger partial charge >= 0.3 is 0 Å². The Bertz CT molecular complexity index is 1280. The van der Waals surface area contributed by atoms with Crippen LogP contribution in [0.3, 0.4) is 0 Å². The highest BCUT2D eigenvalue weighted by Crippen LogP contribution is 2.32. The van der Waals surface area contributed by atoms with Gasteiger partial charge in [0.05, 0.1) is 0 Å². The maximum atomic E-state index is 2.61. The Morgan fingerprint density at radius 1 is 0.500 bits per heavy atom. The summed E-state index contributed by atoms with van der Waals surface area (Å²) >= 11 is 0. The molecule has 0 amide bonds. The van der Waals surface area contributed by atoms with Gasteiger partial charge in [-0.2, -0.15) is 13.7 Å². The van der Waals surface area contributed by atoms with Crippen molar-refractivity contribution in [2.75, 3.05) is 13.1 Å². The molecular formula is C31H38N3+3. The molecule has 3 nitrogen and oxygen atoms in total. The fourth-order valence-electron chi connectivity index (χ4n) is 6.60. The summed E-state index contributed by atoms with van der Waals surface area (Å²) in [6.45, 7) is 22.2. The molecule has 0 spiro atoms. The predicted molar refractivity (Wildman–Crippen MR) is 141 cm³/mol. The largest absolute Gasteiger partial charge is 0.275 e. The van der Waals surface area contributed by atoms with E-state index in [1.54, 1.807) is 0 Å². The minimum absolute atomic E-state index is 0.373. The molecule has 2 aliphatic heterocycles. The first-order chi connectivity index (χ1) is 16.1. The minimum atomic E-state index is 0.373. The molecule has 34 heavy (non-hydrogen) atoms. The Kier molecular flexibility index (Phi) is 5.35. The molecule has 3 heterocycles. The van der Waals surface area contributed by atoms with Crippen LogP contribution in [0.25, 0.3) is 0 Å². The summed E-state index contributed by atoms with van der Waals surface area (Å²) in [5.74, 6) is 0. The van der Waals surface area contributed by atoms with Crippen LogP contribution >= 0.6 is 0 Å². The van der Waals surface area contributed by atoms with E-state index in [0.29, 0.717) is 6.04 Å². The van der Waals surface area contributed by atoms with Gasteiger partial charge in [-0.25, -0.2) is 0 Å². The highest BCUT2D eigenvalue weighted by Gasteiger charge is 2.49. The van der Waals surface area contributed by atoms with E-state index in [4.69, 9.17) is 0 Å². The second-order valence-corrected chi connectivity index (χ2v) is 10.7. The number of rotatable bonds is 2. The highest BCUT2D eigenvalue weighted by atomic mass is 15.2. The quantitative estimate of drug-likeness (QED) is 0.422. The fraction of sp³-hybridized carbons (Fsp3) is 0.387. The number of aromatic nitrogens is 1. The molecule has 0 saturated carbocycles. The zero-order chi connectivity index (χ0) is 24.5. The lowest BCUT2D eigenvalue weighted by molar-refractivity contribution is -0.781. The molecule has 174 valence electrons. The monoisotopic (exact) mass is 452 g/mol. The van der Waals surface area contributed by atoms with Crippen molar-refractivity contribution in [1.82, 2.24) is 0 Å². The van der Waals surface area contributed by atoms with Gasteiger partial charge < -0.3 is 0 Å². The maximum absolute atomic E-state index is 2.61. The number of aryl methyl sites for hydroxylation is 7. The summed E-state index contributed by atoms with van der Waals surface area (Å²) in [6.07, 6.45) is 0. The predicted octanol–water partition coefficient (Wildman–Crippen LogP) is 6.01. The Hall–Kier alpha value is -3.07. The Morgan fingerprint density at radius 3 is 1.18 bits per heavy atom. The average molecular weight is 453 g/mol. The first-order valence-corrected chi connectivity index (χ1v) is 12.5. The molecule has 5 rings (SSSR count). The summed E-state index contributed by atoms with van der Waals surface area (Å²) in [5.41, 5.74) is 17.6. The number of benzene rings is 2. The number of pyridine rings is 1. The van der Waals surface area contributed by atoms with Crippen molar-refractivity contribution < 1.29 is 13.7 Å². The fourth-order valence-corrected chi connectivity index (χ4v) is 6.60. The van der Waals surface area contributed by atoms with Gasteiger partial charge in [0.15, 0.2) is 0 Å². The van der Waals surface area contributed by atoms with Gasteiger partial charge in [-0.15, -0.1) is 0 Å². The first-order valence-electron chi connectivity index (χ1n) is 12.5. The van der Waals surface area contributed by atoms with Crippen LogP contribution in [-0.2, 0) is 0 Å². The molecule has 0 radical (unpaired) electrons. The molecule has 1 aromatic heterocycles. The molecular weight excluding hydrogens is 414 g/mol. The van der Waals surface area contributed by atoms with Gasteiger partial charge in [0.25, 0.3) is 28.9 Å². The topological polar surface area (TPSA) is 9.90 Å². The molecule has 2 aromatic carbocycles. The number of hydrogen-bond acceptors (Lipinski definition) is 0. The second kappa shape index (κ2) is 8.01. The van der Waals surface area contributed by atoms with E-state index in [0.717, 1.165) is 13.1 Å². The van der Waals surface area contributed by atoms with Crippen molar-refractivity contribution in [1.29, 1.82) is 0 Å². The van der Waals surface area contributed by atoms with E-state index < -0.39 is 0 Å². The van der Waals surface area contributed by atoms with E-state index in [1.165, 1.54) is 73.1 Å². The third kappa shape index (κ3) is 3.45. The SMILES string of the molecule is CC1=[N+](c2c(C)cc(C)cc2C)CC2C[N+](c3c(C)cc(C)cc3C)=C(C)c3cc(C)cc1[n+]32. The van der Waals surface area contributed by atoms with Gasteiger partial charge in [0.2, 0.25) is 24.5 Å². The standard InChI is InChI=1S/C31H38N3/c1-18-10-21(4)30(22(5)11-18)32-16-27-17-33(31-23(6)12-19(2)13-24(31)7)26(9)29-15-20(3)14-28(25(32)8)34(27)29/h10-15,27H,16-17H2,1-9H3/q+3. The molecule has 0 atom stereocenters. The van der Waals surface area contributed by atoms with Crippen LogP contribution in [0.5, 0.6) is 0 Å². The van der Waals surface area contributed by atoms with Crippen molar-refractivity contribution in [3.05, 3.63) is 86.7 Å². The maximum Gasteiger partial charge on any atom is 0.275 e. The Labute approximate surface area is 204 Å². The summed E-state index contributed by atoms with van der Waals surface area (Å²) in [5, 5.41) is 0. The molecule has 0 fully saturated rings. The van der Waals surface area contributed by atoms with E-state index >= 15 is 0 Å². The Morgan fingerprint density at radius 2 is 0.824 bits per heavy atom. The van der Waals surface area contributed by atoms with Crippen molar-refractivity contribution in [2.45, 2.75) is 68.4 Å². The van der Waals surface area contributed by atoms with E-state index in [1.807, 2.05) is 0 Å². The molecule has 3 heteroatoms. The Balaban J connectivity index is 1.75. The van der Waals surface area contributed by atoms with Crippen LogP contribution in [0.1, 0.15) is 70.2 Å². The van der Waals surface area contributed by atoms with Gasteiger partial charge in [-0.3, -0.25) is 0 Å². The van der Waals surface area contributed by atoms with Crippen LogP contribution in [0.2, 0.25) is 0 Å². The van der Waals surface area contributed by atoms with Crippen LogP contribution in [-0.4, -0.2) is 33.7 Å².